The number of aromatic nitrogens is 1. The third-order valence-corrected chi connectivity index (χ3v) is 3.40. The van der Waals surface area contributed by atoms with Crippen LogP contribution >= 0.6 is 0 Å². The average Bonchev–Trinajstić information content (AvgIpc) is 2.46. The summed E-state index contributed by atoms with van der Waals surface area (Å²) in [6, 6.07) is 11.6. The number of anilines is 2. The molecule has 2 rings (SSSR count). The van der Waals surface area contributed by atoms with Gasteiger partial charge in [-0.15, -0.1) is 0 Å². The molecule has 4 nitrogen and oxygen atoms in total. The fourth-order valence-corrected chi connectivity index (χ4v) is 2.04. The summed E-state index contributed by atoms with van der Waals surface area (Å²) in [5, 5.41) is 0. The fourth-order valence-electron chi connectivity index (χ4n) is 2.04. The third-order valence-electron chi connectivity index (χ3n) is 3.40. The van der Waals surface area contributed by atoms with E-state index >= 15 is 0 Å². The summed E-state index contributed by atoms with van der Waals surface area (Å²) in [6.45, 7) is 2.06. The van der Waals surface area contributed by atoms with Gasteiger partial charge in [-0.2, -0.15) is 0 Å². The summed E-state index contributed by atoms with van der Waals surface area (Å²) < 4.78 is 0. The number of carbonyl (C=O) groups excluding carboxylic acids is 1. The summed E-state index contributed by atoms with van der Waals surface area (Å²) in [7, 11) is 1.76. The number of nitrogens with two attached hydrogens (primary N) is 1. The molecular weight excluding hydrogens is 250 g/mol. The molecule has 0 bridgehead atoms. The molecule has 104 valence electrons. The molecule has 0 radical (unpaired) electrons. The highest BCUT2D eigenvalue weighted by molar-refractivity contribution is 5.92. The van der Waals surface area contributed by atoms with E-state index in [9.17, 15) is 4.79 Å². The van der Waals surface area contributed by atoms with Crippen molar-refractivity contribution in [3.8, 4) is 0 Å². The van der Waals surface area contributed by atoms with Gasteiger partial charge in [0.15, 0.2) is 0 Å². The van der Waals surface area contributed by atoms with Gasteiger partial charge in [-0.05, 0) is 36.6 Å². The lowest BCUT2D eigenvalue weighted by molar-refractivity contribution is -0.118. The standard InChI is InChI=1S/C16H19N3O/c1-12-5-3-4-6-13(12)7-10-16(20)19(2)14-8-9-15(17)18-11-14/h3-6,8-9,11H,7,10H2,1-2H3,(H2,17,18). The molecule has 1 heterocycles. The molecule has 2 aromatic rings. The van der Waals surface area contributed by atoms with Crippen molar-refractivity contribution in [1.29, 1.82) is 0 Å². The van der Waals surface area contributed by atoms with Crippen LogP contribution in [0.1, 0.15) is 17.5 Å². The lowest BCUT2D eigenvalue weighted by Crippen LogP contribution is -2.26. The number of carbonyl (C=O) groups is 1. The zero-order valence-electron chi connectivity index (χ0n) is 11.8. The molecule has 0 saturated carbocycles. The van der Waals surface area contributed by atoms with E-state index in [2.05, 4.69) is 24.0 Å². The van der Waals surface area contributed by atoms with Crippen LogP contribution < -0.4 is 10.6 Å². The van der Waals surface area contributed by atoms with Gasteiger partial charge in [-0.25, -0.2) is 4.98 Å². The predicted molar refractivity (Wildman–Crippen MR) is 81.6 cm³/mol. The Balaban J connectivity index is 1.98. The smallest absolute Gasteiger partial charge is 0.227 e. The Morgan fingerprint density at radius 3 is 2.65 bits per heavy atom. The monoisotopic (exact) mass is 269 g/mol. The molecule has 1 aromatic carbocycles. The second-order valence-corrected chi connectivity index (χ2v) is 4.82. The van der Waals surface area contributed by atoms with Gasteiger partial charge in [-0.3, -0.25) is 4.79 Å². The van der Waals surface area contributed by atoms with Crippen molar-refractivity contribution in [2.24, 2.45) is 0 Å². The number of hydrogen-bond acceptors (Lipinski definition) is 3. The molecule has 0 aliphatic carbocycles. The van der Waals surface area contributed by atoms with E-state index in [0.717, 1.165) is 12.1 Å². The molecule has 0 aliphatic rings. The van der Waals surface area contributed by atoms with Gasteiger partial charge in [0.05, 0.1) is 11.9 Å². The van der Waals surface area contributed by atoms with E-state index < -0.39 is 0 Å². The maximum atomic E-state index is 12.2. The van der Waals surface area contributed by atoms with Crippen LogP contribution in [0, 0.1) is 6.92 Å². The maximum absolute atomic E-state index is 12.2. The van der Waals surface area contributed by atoms with Crippen molar-refractivity contribution in [1.82, 2.24) is 4.98 Å². The summed E-state index contributed by atoms with van der Waals surface area (Å²) in [6.07, 6.45) is 2.84. The molecule has 4 heteroatoms. The van der Waals surface area contributed by atoms with E-state index in [1.807, 2.05) is 12.1 Å². The van der Waals surface area contributed by atoms with Gasteiger partial charge in [0, 0.05) is 13.5 Å². The van der Waals surface area contributed by atoms with Gasteiger partial charge in [0.25, 0.3) is 0 Å². The van der Waals surface area contributed by atoms with Crippen LogP contribution in [0.4, 0.5) is 11.5 Å². The lowest BCUT2D eigenvalue weighted by Gasteiger charge is -2.17. The van der Waals surface area contributed by atoms with Crippen molar-refractivity contribution in [2.75, 3.05) is 17.7 Å². The average molecular weight is 269 g/mol. The zero-order valence-corrected chi connectivity index (χ0v) is 11.8. The van der Waals surface area contributed by atoms with Crippen molar-refractivity contribution >= 4 is 17.4 Å². The first-order valence-electron chi connectivity index (χ1n) is 6.60. The van der Waals surface area contributed by atoms with Crippen molar-refractivity contribution in [3.05, 3.63) is 53.7 Å². The molecule has 0 unspecified atom stereocenters. The first kappa shape index (κ1) is 14.1. The number of nitrogen functional groups attached to an aromatic ring is 1. The molecule has 0 fully saturated rings. The van der Waals surface area contributed by atoms with E-state index in [0.29, 0.717) is 12.2 Å². The minimum atomic E-state index is 0.0693. The van der Waals surface area contributed by atoms with Crippen LogP contribution in [0.2, 0.25) is 0 Å². The largest absolute Gasteiger partial charge is 0.384 e. The molecular formula is C16H19N3O. The van der Waals surface area contributed by atoms with Gasteiger partial charge in [0.1, 0.15) is 5.82 Å². The van der Waals surface area contributed by atoms with Crippen LogP contribution in [0.5, 0.6) is 0 Å². The number of nitrogens with zero attached hydrogens (tertiary/aromatic N) is 2. The third kappa shape index (κ3) is 3.35. The Labute approximate surface area is 119 Å². The van der Waals surface area contributed by atoms with Crippen molar-refractivity contribution in [3.63, 3.8) is 0 Å². The minimum Gasteiger partial charge on any atom is -0.384 e. The number of hydrogen-bond donors (Lipinski definition) is 1. The first-order chi connectivity index (χ1) is 9.58. The second kappa shape index (κ2) is 6.19. The minimum absolute atomic E-state index is 0.0693. The van der Waals surface area contributed by atoms with Crippen molar-refractivity contribution in [2.45, 2.75) is 19.8 Å². The van der Waals surface area contributed by atoms with Gasteiger partial charge in [-0.1, -0.05) is 24.3 Å². The Bertz CT molecular complexity index is 593. The highest BCUT2D eigenvalue weighted by Gasteiger charge is 2.11. The fraction of sp³-hybridized carbons (Fsp3) is 0.250. The Kier molecular flexibility index (Phi) is 4.35. The number of amides is 1. The quantitative estimate of drug-likeness (QED) is 0.928. The summed E-state index contributed by atoms with van der Waals surface area (Å²) in [5.41, 5.74) is 8.73. The molecule has 0 atom stereocenters. The summed E-state index contributed by atoms with van der Waals surface area (Å²) in [5.74, 6) is 0.523. The topological polar surface area (TPSA) is 59.2 Å². The van der Waals surface area contributed by atoms with Crippen LogP contribution in [-0.4, -0.2) is 17.9 Å². The molecule has 2 N–H and O–H groups in total. The first-order valence-corrected chi connectivity index (χ1v) is 6.60. The summed E-state index contributed by atoms with van der Waals surface area (Å²) >= 11 is 0. The van der Waals surface area contributed by atoms with E-state index in [1.54, 1.807) is 30.3 Å². The second-order valence-electron chi connectivity index (χ2n) is 4.82. The Morgan fingerprint density at radius 1 is 1.25 bits per heavy atom. The lowest BCUT2D eigenvalue weighted by atomic mass is 10.0. The molecule has 0 spiro atoms. The van der Waals surface area contributed by atoms with Gasteiger partial charge < -0.3 is 10.6 Å². The number of aryl methyl sites for hydroxylation is 2. The van der Waals surface area contributed by atoms with Crippen LogP contribution in [0.25, 0.3) is 0 Å². The number of benzene rings is 1. The van der Waals surface area contributed by atoms with Crippen LogP contribution in [0.3, 0.4) is 0 Å². The normalized spacial score (nSPS) is 10.3. The van der Waals surface area contributed by atoms with E-state index in [1.165, 1.54) is 11.1 Å². The molecule has 20 heavy (non-hydrogen) atoms. The molecule has 1 aromatic heterocycles. The van der Waals surface area contributed by atoms with Gasteiger partial charge in [0.2, 0.25) is 5.91 Å². The predicted octanol–water partition coefficient (Wildman–Crippen LogP) is 2.57. The van der Waals surface area contributed by atoms with Crippen LogP contribution in [-0.2, 0) is 11.2 Å². The molecule has 1 amide bonds. The highest BCUT2D eigenvalue weighted by Crippen LogP contribution is 2.15. The Hall–Kier alpha value is -2.36. The van der Waals surface area contributed by atoms with Gasteiger partial charge >= 0.3 is 0 Å². The number of pyridine rings is 1. The highest BCUT2D eigenvalue weighted by atomic mass is 16.2. The molecule has 0 saturated heterocycles. The van der Waals surface area contributed by atoms with E-state index in [4.69, 9.17) is 5.73 Å². The Morgan fingerprint density at radius 2 is 2.00 bits per heavy atom. The van der Waals surface area contributed by atoms with Crippen molar-refractivity contribution < 1.29 is 4.79 Å². The maximum Gasteiger partial charge on any atom is 0.227 e. The SMILES string of the molecule is Cc1ccccc1CCC(=O)N(C)c1ccc(N)nc1. The molecule has 0 aliphatic heterocycles. The summed E-state index contributed by atoms with van der Waals surface area (Å²) in [4.78, 5) is 17.8. The zero-order chi connectivity index (χ0) is 14.5. The van der Waals surface area contributed by atoms with Crippen LogP contribution in [0.15, 0.2) is 42.6 Å². The van der Waals surface area contributed by atoms with E-state index in [-0.39, 0.29) is 5.91 Å². The number of rotatable bonds is 4.